The number of hydrogen-bond donors (Lipinski definition) is 1. The largest absolute Gasteiger partial charge is 0.401 e. The number of nitrogens with one attached hydrogen (secondary N) is 1. The van der Waals surface area contributed by atoms with Crippen LogP contribution in [-0.2, 0) is 14.8 Å². The Labute approximate surface area is 182 Å². The lowest BCUT2D eigenvalue weighted by Gasteiger charge is -2.30. The topological polar surface area (TPSA) is 69.7 Å². The fourth-order valence-electron chi connectivity index (χ4n) is 3.62. The Hall–Kier alpha value is -1.65. The fourth-order valence-corrected chi connectivity index (χ4v) is 5.09. The number of halogens is 3. The molecule has 1 aromatic carbocycles. The summed E-state index contributed by atoms with van der Waals surface area (Å²) in [7, 11) is -2.20. The summed E-state index contributed by atoms with van der Waals surface area (Å²) in [5.41, 5.74) is 1.07. The lowest BCUT2D eigenvalue weighted by molar-refractivity contribution is -0.143. The normalized spacial score (nSPS) is 16.8. The van der Waals surface area contributed by atoms with Crippen molar-refractivity contribution in [2.75, 3.05) is 39.8 Å². The van der Waals surface area contributed by atoms with Gasteiger partial charge >= 0.3 is 6.18 Å². The molecule has 1 saturated heterocycles. The summed E-state index contributed by atoms with van der Waals surface area (Å²) in [5, 5.41) is 2.76. The van der Waals surface area contributed by atoms with Crippen LogP contribution in [0, 0.1) is 5.92 Å². The van der Waals surface area contributed by atoms with Gasteiger partial charge in [0.15, 0.2) is 0 Å². The Bertz CT molecular complexity index is 819. The third-order valence-electron chi connectivity index (χ3n) is 5.47. The third kappa shape index (κ3) is 7.76. The number of alkyl halides is 3. The monoisotopic (exact) mass is 463 g/mol. The van der Waals surface area contributed by atoms with E-state index in [0.717, 1.165) is 5.56 Å². The van der Waals surface area contributed by atoms with Gasteiger partial charge in [0.05, 0.1) is 11.4 Å². The van der Waals surface area contributed by atoms with E-state index in [1.54, 1.807) is 12.1 Å². The molecule has 1 amide bonds. The van der Waals surface area contributed by atoms with E-state index in [9.17, 15) is 26.4 Å². The van der Waals surface area contributed by atoms with Crippen molar-refractivity contribution in [1.82, 2.24) is 14.5 Å². The first kappa shape index (κ1) is 25.6. The summed E-state index contributed by atoms with van der Waals surface area (Å²) >= 11 is 0. The van der Waals surface area contributed by atoms with Crippen LogP contribution in [0.25, 0.3) is 0 Å². The van der Waals surface area contributed by atoms with Gasteiger partial charge in [-0.25, -0.2) is 8.42 Å². The van der Waals surface area contributed by atoms with E-state index in [2.05, 4.69) is 5.32 Å². The van der Waals surface area contributed by atoms with Crippen LogP contribution in [0.5, 0.6) is 0 Å². The highest BCUT2D eigenvalue weighted by atomic mass is 32.2. The van der Waals surface area contributed by atoms with Crippen LogP contribution in [0.4, 0.5) is 13.2 Å². The number of carbonyl (C=O) groups excluding carboxylic acids is 1. The number of carbonyl (C=O) groups is 1. The number of rotatable bonds is 9. The van der Waals surface area contributed by atoms with Crippen LogP contribution in [0.1, 0.15) is 44.6 Å². The third-order valence-corrected chi connectivity index (χ3v) is 7.39. The summed E-state index contributed by atoms with van der Waals surface area (Å²) in [5.74, 6) is -0.143. The molecular formula is C21H32F3N3O3S. The number of nitrogens with zero attached hydrogens (tertiary/aromatic N) is 2. The average molecular weight is 464 g/mol. The maximum atomic E-state index is 12.9. The van der Waals surface area contributed by atoms with Gasteiger partial charge in [-0.05, 0) is 56.5 Å². The van der Waals surface area contributed by atoms with Crippen LogP contribution >= 0.6 is 0 Å². The average Bonchev–Trinajstić information content (AvgIpc) is 2.70. The van der Waals surface area contributed by atoms with E-state index in [0.29, 0.717) is 31.7 Å². The summed E-state index contributed by atoms with van der Waals surface area (Å²) in [6.45, 7) is 4.16. The number of hydrogen-bond acceptors (Lipinski definition) is 4. The summed E-state index contributed by atoms with van der Waals surface area (Å²) < 4.78 is 64.0. The number of sulfonamides is 1. The Morgan fingerprint density at radius 2 is 1.77 bits per heavy atom. The number of piperidine rings is 1. The van der Waals surface area contributed by atoms with Crippen molar-refractivity contribution in [3.05, 3.63) is 29.8 Å². The van der Waals surface area contributed by atoms with Crippen molar-refractivity contribution in [1.29, 1.82) is 0 Å². The molecular weight excluding hydrogens is 431 g/mol. The lowest BCUT2D eigenvalue weighted by Crippen LogP contribution is -2.43. The molecule has 1 heterocycles. The Balaban J connectivity index is 1.77. The van der Waals surface area contributed by atoms with Gasteiger partial charge in [-0.15, -0.1) is 0 Å². The summed E-state index contributed by atoms with van der Waals surface area (Å²) in [6, 6.07) is 6.90. The molecule has 0 saturated carbocycles. The first-order valence-corrected chi connectivity index (χ1v) is 12.0. The predicted octanol–water partition coefficient (Wildman–Crippen LogP) is 3.21. The van der Waals surface area contributed by atoms with Gasteiger partial charge in [0, 0.05) is 25.6 Å². The van der Waals surface area contributed by atoms with Gasteiger partial charge in [0.2, 0.25) is 15.9 Å². The van der Waals surface area contributed by atoms with E-state index in [1.165, 1.54) is 16.3 Å². The molecule has 1 aromatic rings. The Morgan fingerprint density at radius 3 is 2.29 bits per heavy atom. The fraction of sp³-hybridized carbons (Fsp3) is 0.667. The second-order valence-electron chi connectivity index (χ2n) is 8.40. The van der Waals surface area contributed by atoms with Crippen molar-refractivity contribution in [3.63, 3.8) is 0 Å². The SMILES string of the molecule is CC(C)c1ccc(S(=O)(=O)N2CCC(C(=O)NCCCN(C)CC(F)(F)F)CC2)cc1. The first-order valence-electron chi connectivity index (χ1n) is 10.5. The zero-order valence-corrected chi connectivity index (χ0v) is 19.1. The van der Waals surface area contributed by atoms with Crippen molar-refractivity contribution in [3.8, 4) is 0 Å². The standard InChI is InChI=1S/C21H32F3N3O3S/c1-16(2)17-5-7-19(8-6-17)31(29,30)27-13-9-18(10-14-27)20(28)25-11-4-12-26(3)15-21(22,23)24/h5-8,16,18H,4,9-15H2,1-3H3,(H,25,28). The molecule has 0 aliphatic carbocycles. The van der Waals surface area contributed by atoms with Gasteiger partial charge in [0.1, 0.15) is 0 Å². The van der Waals surface area contributed by atoms with E-state index in [4.69, 9.17) is 0 Å². The zero-order valence-electron chi connectivity index (χ0n) is 18.3. The van der Waals surface area contributed by atoms with Crippen LogP contribution in [-0.4, -0.2) is 69.5 Å². The molecule has 1 N–H and O–H groups in total. The molecule has 0 aromatic heterocycles. The van der Waals surface area contributed by atoms with Crippen LogP contribution < -0.4 is 5.32 Å². The van der Waals surface area contributed by atoms with Gasteiger partial charge in [-0.1, -0.05) is 26.0 Å². The number of benzene rings is 1. The molecule has 176 valence electrons. The predicted molar refractivity (Wildman–Crippen MR) is 113 cm³/mol. The highest BCUT2D eigenvalue weighted by molar-refractivity contribution is 7.89. The molecule has 1 aliphatic heterocycles. The molecule has 31 heavy (non-hydrogen) atoms. The van der Waals surface area contributed by atoms with Gasteiger partial charge in [-0.2, -0.15) is 17.5 Å². The molecule has 0 spiro atoms. The van der Waals surface area contributed by atoms with Crippen molar-refractivity contribution >= 4 is 15.9 Å². The van der Waals surface area contributed by atoms with E-state index in [1.807, 2.05) is 26.0 Å². The van der Waals surface area contributed by atoms with Crippen molar-refractivity contribution < 1.29 is 26.4 Å². The maximum absolute atomic E-state index is 12.9. The molecule has 6 nitrogen and oxygen atoms in total. The Morgan fingerprint density at radius 1 is 1.19 bits per heavy atom. The quantitative estimate of drug-likeness (QED) is 0.571. The zero-order chi connectivity index (χ0) is 23.2. The first-order chi connectivity index (χ1) is 14.4. The molecule has 1 fully saturated rings. The second kappa shape index (κ2) is 10.8. The van der Waals surface area contributed by atoms with Gasteiger partial charge < -0.3 is 5.32 Å². The molecule has 0 atom stereocenters. The van der Waals surface area contributed by atoms with E-state index in [-0.39, 0.29) is 36.4 Å². The Kier molecular flexibility index (Phi) is 8.91. The van der Waals surface area contributed by atoms with Crippen LogP contribution in [0.3, 0.4) is 0 Å². The van der Waals surface area contributed by atoms with Crippen molar-refractivity contribution in [2.24, 2.45) is 5.92 Å². The minimum atomic E-state index is -4.23. The molecule has 1 aliphatic rings. The van der Waals surface area contributed by atoms with Crippen LogP contribution in [0.2, 0.25) is 0 Å². The molecule has 2 rings (SSSR count). The minimum absolute atomic E-state index is 0.170. The highest BCUT2D eigenvalue weighted by Gasteiger charge is 2.32. The minimum Gasteiger partial charge on any atom is -0.356 e. The van der Waals surface area contributed by atoms with Crippen LogP contribution in [0.15, 0.2) is 29.2 Å². The molecule has 0 bridgehead atoms. The second-order valence-corrected chi connectivity index (χ2v) is 10.3. The smallest absolute Gasteiger partial charge is 0.356 e. The van der Waals surface area contributed by atoms with Gasteiger partial charge in [-0.3, -0.25) is 9.69 Å². The molecule has 0 unspecified atom stereocenters. The lowest BCUT2D eigenvalue weighted by atomic mass is 9.97. The van der Waals surface area contributed by atoms with Crippen molar-refractivity contribution in [2.45, 2.75) is 50.1 Å². The highest BCUT2D eigenvalue weighted by Crippen LogP contribution is 2.25. The summed E-state index contributed by atoms with van der Waals surface area (Å²) in [6.07, 6.45) is -2.98. The number of amides is 1. The maximum Gasteiger partial charge on any atom is 0.401 e. The van der Waals surface area contributed by atoms with E-state index >= 15 is 0 Å². The van der Waals surface area contributed by atoms with E-state index < -0.39 is 22.7 Å². The van der Waals surface area contributed by atoms with Gasteiger partial charge in [0.25, 0.3) is 0 Å². The summed E-state index contributed by atoms with van der Waals surface area (Å²) in [4.78, 5) is 13.7. The molecule has 0 radical (unpaired) electrons. The molecule has 10 heteroatoms.